The van der Waals surface area contributed by atoms with Crippen LogP contribution < -0.4 is 15.8 Å². The lowest BCUT2D eigenvalue weighted by Gasteiger charge is -2.12. The second kappa shape index (κ2) is 6.13. The highest BCUT2D eigenvalue weighted by Crippen LogP contribution is 2.43. The molecule has 2 aromatic heterocycles. The number of anilines is 2. The number of aryl methyl sites for hydroxylation is 1. The van der Waals surface area contributed by atoms with Crippen LogP contribution in [0, 0.1) is 6.92 Å². The number of ether oxygens (including phenoxy) is 1. The van der Waals surface area contributed by atoms with E-state index >= 15 is 0 Å². The summed E-state index contributed by atoms with van der Waals surface area (Å²) in [5.74, 6) is 1.43. The maximum atomic E-state index is 11.6. The largest absolute Gasteiger partial charge is 0.486 e. The van der Waals surface area contributed by atoms with Gasteiger partial charge in [-0.2, -0.15) is 4.98 Å². The van der Waals surface area contributed by atoms with E-state index in [1.54, 1.807) is 6.92 Å². The summed E-state index contributed by atoms with van der Waals surface area (Å²) in [7, 11) is 0. The summed E-state index contributed by atoms with van der Waals surface area (Å²) >= 11 is 1.26. The Morgan fingerprint density at radius 2 is 2.24 bits per heavy atom. The molecule has 0 spiro atoms. The van der Waals surface area contributed by atoms with E-state index in [0.29, 0.717) is 39.6 Å². The highest BCUT2D eigenvalue weighted by Gasteiger charge is 2.21. The predicted octanol–water partition coefficient (Wildman–Crippen LogP) is 2.62. The lowest BCUT2D eigenvalue weighted by atomic mass is 10.3. The van der Waals surface area contributed by atoms with Crippen LogP contribution in [0.25, 0.3) is 0 Å². The smallest absolute Gasteiger partial charge is 0.245 e. The maximum Gasteiger partial charge on any atom is 0.245 e. The molecule has 3 N–H and O–H groups in total. The molecule has 2 heterocycles. The van der Waals surface area contributed by atoms with E-state index in [0.717, 1.165) is 0 Å². The van der Waals surface area contributed by atoms with Gasteiger partial charge in [0, 0.05) is 6.92 Å². The summed E-state index contributed by atoms with van der Waals surface area (Å²) in [5.41, 5.74) is 6.37. The second-order valence-corrected chi connectivity index (χ2v) is 5.84. The third kappa shape index (κ3) is 3.52. The van der Waals surface area contributed by atoms with Gasteiger partial charge in [0.25, 0.3) is 0 Å². The lowest BCUT2D eigenvalue weighted by molar-refractivity contribution is 0.102. The topological polar surface area (TPSA) is 103 Å². The molecule has 0 atom stereocenters. The monoisotopic (exact) mass is 310 g/mol. The van der Waals surface area contributed by atoms with Crippen molar-refractivity contribution in [1.82, 2.24) is 10.1 Å². The van der Waals surface area contributed by atoms with Gasteiger partial charge in [-0.15, -0.1) is 11.3 Å². The minimum Gasteiger partial charge on any atom is -0.486 e. The fraction of sp³-hybridized carbons (Fsp3) is 0.462. The number of Topliss-reactive ketones (excluding diaryl/α,β-unsaturated/α-hetero) is 1. The van der Waals surface area contributed by atoms with E-state index in [-0.39, 0.29) is 11.9 Å². The average molecular weight is 310 g/mol. The van der Waals surface area contributed by atoms with Crippen LogP contribution in [0.15, 0.2) is 4.52 Å². The first-order valence-corrected chi connectivity index (χ1v) is 7.33. The first kappa shape index (κ1) is 15.3. The molecule has 21 heavy (non-hydrogen) atoms. The average Bonchev–Trinajstić information content (AvgIpc) is 2.93. The van der Waals surface area contributed by atoms with Crippen LogP contribution in [-0.2, 0) is 6.54 Å². The van der Waals surface area contributed by atoms with E-state index in [9.17, 15) is 4.79 Å². The molecule has 0 saturated carbocycles. The van der Waals surface area contributed by atoms with Gasteiger partial charge in [0.15, 0.2) is 17.4 Å². The van der Waals surface area contributed by atoms with E-state index in [4.69, 9.17) is 15.0 Å². The third-order valence-electron chi connectivity index (χ3n) is 2.54. The molecule has 0 aliphatic heterocycles. The van der Waals surface area contributed by atoms with E-state index < -0.39 is 0 Å². The SMILES string of the molecule is CC(=O)c1sc(NCc2nc(C)no2)c(OC(C)C)c1N. The number of carbonyl (C=O) groups is 1. The van der Waals surface area contributed by atoms with Crippen LogP contribution in [0.1, 0.15) is 42.2 Å². The van der Waals surface area contributed by atoms with E-state index in [2.05, 4.69) is 15.5 Å². The summed E-state index contributed by atoms with van der Waals surface area (Å²) in [6.45, 7) is 7.36. The van der Waals surface area contributed by atoms with Crippen molar-refractivity contribution in [2.24, 2.45) is 0 Å². The number of nitrogen functional groups attached to an aromatic ring is 1. The summed E-state index contributed by atoms with van der Waals surface area (Å²) in [6, 6.07) is 0. The zero-order chi connectivity index (χ0) is 15.6. The third-order valence-corrected chi connectivity index (χ3v) is 3.79. The molecule has 0 saturated heterocycles. The Kier molecular flexibility index (Phi) is 4.46. The number of nitrogens with zero attached hydrogens (tertiary/aromatic N) is 2. The Bertz CT molecular complexity index is 648. The molecule has 114 valence electrons. The fourth-order valence-corrected chi connectivity index (χ4v) is 2.67. The van der Waals surface area contributed by atoms with Crippen LogP contribution in [0.5, 0.6) is 5.75 Å². The van der Waals surface area contributed by atoms with Crippen LogP contribution >= 0.6 is 11.3 Å². The zero-order valence-electron chi connectivity index (χ0n) is 12.4. The molecule has 8 heteroatoms. The summed E-state index contributed by atoms with van der Waals surface area (Å²) in [5, 5.41) is 7.53. The van der Waals surface area contributed by atoms with Gasteiger partial charge in [-0.05, 0) is 20.8 Å². The van der Waals surface area contributed by atoms with Crippen molar-refractivity contribution in [1.29, 1.82) is 0 Å². The standard InChI is InChI=1S/C13H18N4O3S/c1-6(2)19-11-10(14)12(7(3)18)21-13(11)15-5-9-16-8(4)17-20-9/h6,15H,5,14H2,1-4H3. The molecule has 0 aliphatic carbocycles. The van der Waals surface area contributed by atoms with Gasteiger partial charge in [-0.25, -0.2) is 0 Å². The molecule has 0 fully saturated rings. The van der Waals surface area contributed by atoms with Crippen LogP contribution in [0.2, 0.25) is 0 Å². The van der Waals surface area contributed by atoms with Gasteiger partial charge >= 0.3 is 0 Å². The van der Waals surface area contributed by atoms with Gasteiger partial charge in [0.05, 0.1) is 23.2 Å². The van der Waals surface area contributed by atoms with Crippen molar-refractivity contribution in [2.75, 3.05) is 11.1 Å². The Hall–Kier alpha value is -2.09. The molecular weight excluding hydrogens is 292 g/mol. The summed E-state index contributed by atoms with van der Waals surface area (Å²) < 4.78 is 10.7. The van der Waals surface area contributed by atoms with Crippen molar-refractivity contribution >= 4 is 27.8 Å². The van der Waals surface area contributed by atoms with Crippen molar-refractivity contribution in [3.05, 3.63) is 16.6 Å². The molecule has 0 radical (unpaired) electrons. The van der Waals surface area contributed by atoms with Crippen LogP contribution in [0.3, 0.4) is 0 Å². The van der Waals surface area contributed by atoms with Crippen LogP contribution in [0.4, 0.5) is 10.7 Å². The van der Waals surface area contributed by atoms with Gasteiger partial charge in [-0.1, -0.05) is 5.16 Å². The Morgan fingerprint density at radius 3 is 2.76 bits per heavy atom. The predicted molar refractivity (Wildman–Crippen MR) is 80.9 cm³/mol. The van der Waals surface area contributed by atoms with Crippen molar-refractivity contribution < 1.29 is 14.1 Å². The van der Waals surface area contributed by atoms with Crippen molar-refractivity contribution in [3.8, 4) is 5.75 Å². The number of nitrogens with one attached hydrogen (secondary N) is 1. The normalized spacial score (nSPS) is 10.9. The number of nitrogens with two attached hydrogens (primary N) is 1. The lowest BCUT2D eigenvalue weighted by Crippen LogP contribution is -2.09. The summed E-state index contributed by atoms with van der Waals surface area (Å²) in [6.07, 6.45) is -0.0482. The van der Waals surface area contributed by atoms with Gasteiger partial charge in [0.2, 0.25) is 5.89 Å². The molecule has 2 rings (SSSR count). The first-order chi connectivity index (χ1) is 9.88. The number of hydrogen-bond donors (Lipinski definition) is 2. The molecular formula is C13H18N4O3S. The minimum absolute atomic E-state index is 0.0482. The number of rotatable bonds is 6. The van der Waals surface area contributed by atoms with E-state index in [1.165, 1.54) is 18.3 Å². The molecule has 0 aliphatic rings. The van der Waals surface area contributed by atoms with Gasteiger partial charge in [-0.3, -0.25) is 4.79 Å². The van der Waals surface area contributed by atoms with Crippen LogP contribution in [-0.4, -0.2) is 22.0 Å². The molecule has 0 bridgehead atoms. The highest BCUT2D eigenvalue weighted by atomic mass is 32.1. The molecule has 0 amide bonds. The minimum atomic E-state index is -0.0900. The Labute approximate surface area is 126 Å². The van der Waals surface area contributed by atoms with Gasteiger partial charge < -0.3 is 20.3 Å². The first-order valence-electron chi connectivity index (χ1n) is 6.51. The molecule has 2 aromatic rings. The number of carbonyl (C=O) groups excluding carboxylic acids is 1. The number of hydrogen-bond acceptors (Lipinski definition) is 8. The van der Waals surface area contributed by atoms with Gasteiger partial charge in [0.1, 0.15) is 5.00 Å². The summed E-state index contributed by atoms with van der Waals surface area (Å²) in [4.78, 5) is 16.2. The fourth-order valence-electron chi connectivity index (χ4n) is 1.73. The van der Waals surface area contributed by atoms with Crippen molar-refractivity contribution in [2.45, 2.75) is 40.3 Å². The quantitative estimate of drug-likeness (QED) is 0.790. The van der Waals surface area contributed by atoms with Crippen molar-refractivity contribution in [3.63, 3.8) is 0 Å². The van der Waals surface area contributed by atoms with E-state index in [1.807, 2.05) is 13.8 Å². The molecule has 0 unspecified atom stereocenters. The number of thiophene rings is 1. The molecule has 0 aromatic carbocycles. The maximum absolute atomic E-state index is 11.6. The number of ketones is 1. The number of aromatic nitrogens is 2. The second-order valence-electron chi connectivity index (χ2n) is 4.81. The highest BCUT2D eigenvalue weighted by molar-refractivity contribution is 7.19. The Balaban J connectivity index is 2.24. The Morgan fingerprint density at radius 1 is 1.52 bits per heavy atom. The molecule has 7 nitrogen and oxygen atoms in total. The zero-order valence-corrected chi connectivity index (χ0v) is 13.2.